The summed E-state index contributed by atoms with van der Waals surface area (Å²) in [5.41, 5.74) is 0.655. The van der Waals surface area contributed by atoms with Crippen molar-refractivity contribution >= 4 is 5.91 Å². The van der Waals surface area contributed by atoms with Crippen molar-refractivity contribution in [2.75, 3.05) is 28.4 Å². The van der Waals surface area contributed by atoms with Crippen LogP contribution in [-0.2, 0) is 11.3 Å². The van der Waals surface area contributed by atoms with Gasteiger partial charge in [0.1, 0.15) is 23.0 Å². The summed E-state index contributed by atoms with van der Waals surface area (Å²) in [5.74, 6) is 2.81. The number of benzene rings is 2. The van der Waals surface area contributed by atoms with E-state index in [1.807, 2.05) is 0 Å². The van der Waals surface area contributed by atoms with Gasteiger partial charge < -0.3 is 28.4 Å². The first-order valence-electron chi connectivity index (χ1n) is 9.55. The Labute approximate surface area is 180 Å². The monoisotopic (exact) mass is 427 g/mol. The lowest BCUT2D eigenvalue weighted by atomic mass is 10.2. The molecule has 0 aliphatic carbocycles. The Bertz CT molecular complexity index is 1040. The second-order valence-corrected chi connectivity index (χ2v) is 6.71. The summed E-state index contributed by atoms with van der Waals surface area (Å²) >= 11 is 0. The predicted molar refractivity (Wildman–Crippen MR) is 112 cm³/mol. The number of hydrogen-bond acceptors (Lipinski definition) is 8. The molecule has 1 heterocycles. The highest BCUT2D eigenvalue weighted by molar-refractivity contribution is 5.80. The maximum absolute atomic E-state index is 12.7. The van der Waals surface area contributed by atoms with Crippen molar-refractivity contribution in [3.05, 3.63) is 48.4 Å². The molecule has 0 fully saturated rings. The number of amides is 1. The minimum absolute atomic E-state index is 0.135. The Morgan fingerprint density at radius 3 is 2.45 bits per heavy atom. The van der Waals surface area contributed by atoms with Gasteiger partial charge in [-0.1, -0.05) is 11.2 Å². The van der Waals surface area contributed by atoms with Crippen molar-refractivity contribution in [1.29, 1.82) is 0 Å². The van der Waals surface area contributed by atoms with E-state index in [0.717, 1.165) is 0 Å². The van der Waals surface area contributed by atoms with Crippen LogP contribution in [0.3, 0.4) is 0 Å². The van der Waals surface area contributed by atoms with Gasteiger partial charge >= 0.3 is 0 Å². The minimum Gasteiger partial charge on any atom is -0.497 e. The zero-order valence-corrected chi connectivity index (χ0v) is 18.1. The van der Waals surface area contributed by atoms with E-state index in [1.165, 1.54) is 4.90 Å². The average molecular weight is 427 g/mol. The molecular weight excluding hydrogens is 402 g/mol. The van der Waals surface area contributed by atoms with Crippen LogP contribution in [0.15, 0.2) is 47.0 Å². The number of hydrogen-bond donors (Lipinski definition) is 0. The third kappa shape index (κ3) is 5.25. The molecule has 3 aromatic rings. The fourth-order valence-corrected chi connectivity index (χ4v) is 2.93. The molecule has 3 rings (SSSR count). The summed E-state index contributed by atoms with van der Waals surface area (Å²) in [4.78, 5) is 18.5. The minimum atomic E-state index is -0.707. The summed E-state index contributed by atoms with van der Waals surface area (Å²) in [7, 11) is 6.34. The van der Waals surface area contributed by atoms with Crippen molar-refractivity contribution in [3.63, 3.8) is 0 Å². The largest absolute Gasteiger partial charge is 0.497 e. The van der Waals surface area contributed by atoms with Gasteiger partial charge in [-0.05, 0) is 31.2 Å². The molecule has 0 saturated heterocycles. The number of carbonyl (C=O) groups excluding carboxylic acids is 1. The van der Waals surface area contributed by atoms with Gasteiger partial charge in [-0.25, -0.2) is 0 Å². The summed E-state index contributed by atoms with van der Waals surface area (Å²) in [6.45, 7) is 1.82. The topological polar surface area (TPSA) is 96.2 Å². The van der Waals surface area contributed by atoms with E-state index in [9.17, 15) is 4.79 Å². The summed E-state index contributed by atoms with van der Waals surface area (Å²) < 4.78 is 26.8. The third-order valence-corrected chi connectivity index (χ3v) is 4.57. The van der Waals surface area contributed by atoms with E-state index in [2.05, 4.69) is 10.1 Å². The van der Waals surface area contributed by atoms with Crippen LogP contribution in [0, 0.1) is 0 Å². The van der Waals surface area contributed by atoms with Gasteiger partial charge in [0.15, 0.2) is 6.10 Å². The van der Waals surface area contributed by atoms with Crippen molar-refractivity contribution in [2.45, 2.75) is 19.6 Å². The maximum Gasteiger partial charge on any atom is 0.263 e. The van der Waals surface area contributed by atoms with Gasteiger partial charge in [0.05, 0.1) is 33.4 Å². The van der Waals surface area contributed by atoms with Crippen LogP contribution in [0.5, 0.6) is 23.0 Å². The van der Waals surface area contributed by atoms with Crippen LogP contribution in [-0.4, -0.2) is 55.4 Å². The van der Waals surface area contributed by atoms with Gasteiger partial charge in [0.25, 0.3) is 5.91 Å². The fraction of sp³-hybridized carbons (Fsp3) is 0.318. The number of carbonyl (C=O) groups is 1. The van der Waals surface area contributed by atoms with Crippen LogP contribution in [0.2, 0.25) is 0 Å². The first-order chi connectivity index (χ1) is 14.9. The summed E-state index contributed by atoms with van der Waals surface area (Å²) in [6, 6.07) is 12.4. The van der Waals surface area contributed by atoms with Crippen LogP contribution in [0.1, 0.15) is 12.8 Å². The van der Waals surface area contributed by atoms with Crippen molar-refractivity contribution in [2.24, 2.45) is 0 Å². The molecule has 0 aliphatic heterocycles. The van der Waals surface area contributed by atoms with Gasteiger partial charge in [-0.2, -0.15) is 4.98 Å². The number of aromatic nitrogens is 2. The second-order valence-electron chi connectivity index (χ2n) is 6.71. The Balaban J connectivity index is 1.66. The Morgan fingerprint density at radius 2 is 1.74 bits per heavy atom. The first-order valence-corrected chi connectivity index (χ1v) is 9.55. The smallest absolute Gasteiger partial charge is 0.263 e. The summed E-state index contributed by atoms with van der Waals surface area (Å²) in [5, 5.41) is 4.00. The van der Waals surface area contributed by atoms with Gasteiger partial charge in [0, 0.05) is 19.2 Å². The van der Waals surface area contributed by atoms with Crippen LogP contribution < -0.4 is 18.9 Å². The SMILES string of the molecule is COc1cccc(O[C@H](C)C(=O)N(C)Cc2nc(-c3ccc(OC)cc3OC)no2)c1. The zero-order chi connectivity index (χ0) is 22.4. The molecule has 2 aromatic carbocycles. The van der Waals surface area contributed by atoms with E-state index in [1.54, 1.807) is 77.8 Å². The standard InChI is InChI=1S/C22H25N3O6/c1-14(30-17-8-6-7-15(11-17)27-3)22(26)25(2)13-20-23-21(24-31-20)18-10-9-16(28-4)12-19(18)29-5/h6-12,14H,13H2,1-5H3/t14-/m1/s1. The highest BCUT2D eigenvalue weighted by Gasteiger charge is 2.22. The van der Waals surface area contributed by atoms with E-state index >= 15 is 0 Å². The lowest BCUT2D eigenvalue weighted by molar-refractivity contribution is -0.137. The molecule has 9 heteroatoms. The molecule has 1 aromatic heterocycles. The zero-order valence-electron chi connectivity index (χ0n) is 18.1. The lowest BCUT2D eigenvalue weighted by Gasteiger charge is -2.21. The molecule has 1 amide bonds. The molecule has 0 unspecified atom stereocenters. The number of nitrogens with zero attached hydrogens (tertiary/aromatic N) is 3. The van der Waals surface area contributed by atoms with E-state index in [0.29, 0.717) is 34.4 Å². The van der Waals surface area contributed by atoms with Crippen molar-refractivity contribution in [1.82, 2.24) is 15.0 Å². The molecule has 0 aliphatic rings. The van der Waals surface area contributed by atoms with E-state index in [4.69, 9.17) is 23.5 Å². The highest BCUT2D eigenvalue weighted by Crippen LogP contribution is 2.31. The predicted octanol–water partition coefficient (Wildman–Crippen LogP) is 3.19. The molecule has 31 heavy (non-hydrogen) atoms. The van der Waals surface area contributed by atoms with Crippen LogP contribution in [0.4, 0.5) is 0 Å². The normalized spacial score (nSPS) is 11.5. The number of ether oxygens (including phenoxy) is 4. The number of rotatable bonds is 9. The maximum atomic E-state index is 12.7. The van der Waals surface area contributed by atoms with Gasteiger partial charge in [-0.3, -0.25) is 4.79 Å². The second kappa shape index (κ2) is 9.84. The van der Waals surface area contributed by atoms with Crippen LogP contribution >= 0.6 is 0 Å². The molecule has 0 spiro atoms. The highest BCUT2D eigenvalue weighted by atomic mass is 16.5. The Hall–Kier alpha value is -3.75. The van der Waals surface area contributed by atoms with Crippen molar-refractivity contribution < 1.29 is 28.3 Å². The molecule has 9 nitrogen and oxygen atoms in total. The third-order valence-electron chi connectivity index (χ3n) is 4.57. The first kappa shape index (κ1) is 21.9. The number of likely N-dealkylation sites (N-methyl/N-ethyl adjacent to an activating group) is 1. The molecule has 0 bridgehead atoms. The van der Waals surface area contributed by atoms with Gasteiger partial charge in [-0.15, -0.1) is 0 Å². The van der Waals surface area contributed by atoms with E-state index < -0.39 is 6.10 Å². The quantitative estimate of drug-likeness (QED) is 0.514. The molecule has 0 radical (unpaired) electrons. The molecular formula is C22H25N3O6. The molecule has 164 valence electrons. The number of methoxy groups -OCH3 is 3. The summed E-state index contributed by atoms with van der Waals surface area (Å²) in [6.07, 6.45) is -0.707. The Kier molecular flexibility index (Phi) is 6.96. The average Bonchev–Trinajstić information content (AvgIpc) is 3.26. The van der Waals surface area contributed by atoms with Crippen molar-refractivity contribution in [3.8, 4) is 34.4 Å². The van der Waals surface area contributed by atoms with E-state index in [-0.39, 0.29) is 18.3 Å². The molecule has 1 atom stereocenters. The fourth-order valence-electron chi connectivity index (χ4n) is 2.93. The Morgan fingerprint density at radius 1 is 1.03 bits per heavy atom. The lowest BCUT2D eigenvalue weighted by Crippen LogP contribution is -2.37. The molecule has 0 saturated carbocycles. The van der Waals surface area contributed by atoms with Crippen LogP contribution in [0.25, 0.3) is 11.4 Å². The van der Waals surface area contributed by atoms with Gasteiger partial charge in [0.2, 0.25) is 11.7 Å². The molecule has 0 N–H and O–H groups in total.